The largest absolute Gasteiger partial charge is 0.444 e. The molecule has 37 heavy (non-hydrogen) atoms. The first-order valence-electron chi connectivity index (χ1n) is 12.6. The maximum atomic E-state index is 14.0. The van der Waals surface area contributed by atoms with Gasteiger partial charge >= 0.3 is 6.09 Å². The lowest BCUT2D eigenvalue weighted by molar-refractivity contribution is -0.144. The van der Waals surface area contributed by atoms with Crippen molar-refractivity contribution in [3.63, 3.8) is 0 Å². The molecule has 2 aromatic rings. The standard InChI is InChI=1S/C29H41N3O5/c1-19(2)24(31-28(36)37-29(5,6)7)27(35)32(16-17-33)25(23-20(3)12-11-13-21(23)4)26(34)30-18-22-14-9-8-10-15-22/h8-15,19,24-25,33H,16-18H2,1-7H3,(H,30,34)(H,31,36). The summed E-state index contributed by atoms with van der Waals surface area (Å²) in [5, 5.41) is 15.6. The number of rotatable bonds is 10. The number of nitrogens with one attached hydrogen (secondary N) is 2. The van der Waals surface area contributed by atoms with E-state index in [9.17, 15) is 19.5 Å². The highest BCUT2D eigenvalue weighted by Gasteiger charge is 2.38. The predicted octanol–water partition coefficient (Wildman–Crippen LogP) is 4.03. The van der Waals surface area contributed by atoms with Crippen LogP contribution in [0.25, 0.3) is 0 Å². The Morgan fingerprint density at radius 1 is 0.973 bits per heavy atom. The Morgan fingerprint density at radius 3 is 2.08 bits per heavy atom. The van der Waals surface area contributed by atoms with Gasteiger partial charge in [-0.15, -0.1) is 0 Å². The molecule has 0 aliphatic carbocycles. The van der Waals surface area contributed by atoms with E-state index in [1.807, 2.05) is 62.4 Å². The zero-order chi connectivity index (χ0) is 27.8. The molecule has 8 heteroatoms. The van der Waals surface area contributed by atoms with Gasteiger partial charge < -0.3 is 25.4 Å². The van der Waals surface area contributed by atoms with Gasteiger partial charge in [0.1, 0.15) is 17.7 Å². The van der Waals surface area contributed by atoms with Gasteiger partial charge in [0.05, 0.1) is 6.61 Å². The van der Waals surface area contributed by atoms with Gasteiger partial charge in [0.25, 0.3) is 0 Å². The van der Waals surface area contributed by atoms with E-state index in [0.29, 0.717) is 5.56 Å². The summed E-state index contributed by atoms with van der Waals surface area (Å²) < 4.78 is 5.38. The molecular weight excluding hydrogens is 470 g/mol. The normalized spacial score (nSPS) is 13.0. The van der Waals surface area contributed by atoms with Crippen LogP contribution in [0.1, 0.15) is 62.9 Å². The smallest absolute Gasteiger partial charge is 0.408 e. The van der Waals surface area contributed by atoms with E-state index in [1.54, 1.807) is 34.6 Å². The summed E-state index contributed by atoms with van der Waals surface area (Å²) in [5.74, 6) is -1.15. The molecule has 0 radical (unpaired) electrons. The van der Waals surface area contributed by atoms with E-state index in [1.165, 1.54) is 4.90 Å². The molecule has 0 saturated carbocycles. The van der Waals surface area contributed by atoms with Crippen LogP contribution in [0.4, 0.5) is 4.79 Å². The SMILES string of the molecule is Cc1cccc(C)c1C(C(=O)NCc1ccccc1)N(CCO)C(=O)C(NC(=O)OC(C)(C)C)C(C)C. The number of aliphatic hydroxyl groups is 1. The van der Waals surface area contributed by atoms with E-state index in [2.05, 4.69) is 10.6 Å². The Hall–Kier alpha value is -3.39. The van der Waals surface area contributed by atoms with Crippen molar-refractivity contribution in [2.45, 2.75) is 72.7 Å². The van der Waals surface area contributed by atoms with Crippen LogP contribution in [0.5, 0.6) is 0 Å². The number of benzene rings is 2. The van der Waals surface area contributed by atoms with Crippen LogP contribution in [0.15, 0.2) is 48.5 Å². The average Bonchev–Trinajstić information content (AvgIpc) is 2.81. The molecule has 202 valence electrons. The molecule has 0 spiro atoms. The molecule has 0 aromatic heterocycles. The number of nitrogens with zero attached hydrogens (tertiary/aromatic N) is 1. The maximum absolute atomic E-state index is 14.0. The Kier molecular flexibility index (Phi) is 10.7. The van der Waals surface area contributed by atoms with Gasteiger partial charge in [0, 0.05) is 13.1 Å². The number of hydrogen-bond donors (Lipinski definition) is 3. The fraction of sp³-hybridized carbons (Fsp3) is 0.483. The molecule has 0 aliphatic heterocycles. The second-order valence-corrected chi connectivity index (χ2v) is 10.5. The molecule has 2 unspecified atom stereocenters. The number of carbonyl (C=O) groups excluding carboxylic acids is 3. The molecule has 0 fully saturated rings. The third kappa shape index (κ3) is 8.60. The van der Waals surface area contributed by atoms with Crippen LogP contribution < -0.4 is 10.6 Å². The minimum atomic E-state index is -1.01. The highest BCUT2D eigenvalue weighted by atomic mass is 16.6. The summed E-state index contributed by atoms with van der Waals surface area (Å²) in [6.45, 7) is 12.5. The van der Waals surface area contributed by atoms with E-state index >= 15 is 0 Å². The molecule has 8 nitrogen and oxygen atoms in total. The lowest BCUT2D eigenvalue weighted by Crippen LogP contribution is -2.55. The van der Waals surface area contributed by atoms with Crippen molar-refractivity contribution >= 4 is 17.9 Å². The number of aryl methyl sites for hydroxylation is 2. The van der Waals surface area contributed by atoms with Crippen molar-refractivity contribution in [3.8, 4) is 0 Å². The fourth-order valence-electron chi connectivity index (χ4n) is 4.17. The van der Waals surface area contributed by atoms with Gasteiger partial charge in [0.2, 0.25) is 11.8 Å². The van der Waals surface area contributed by atoms with Gasteiger partial charge in [-0.3, -0.25) is 9.59 Å². The van der Waals surface area contributed by atoms with Gasteiger partial charge in [-0.05, 0) is 62.8 Å². The first kappa shape index (κ1) is 29.8. The molecule has 0 bridgehead atoms. The summed E-state index contributed by atoms with van der Waals surface area (Å²) in [4.78, 5) is 41.6. The van der Waals surface area contributed by atoms with Crippen LogP contribution >= 0.6 is 0 Å². The lowest BCUT2D eigenvalue weighted by atomic mass is 9.92. The maximum Gasteiger partial charge on any atom is 0.408 e. The minimum Gasteiger partial charge on any atom is -0.444 e. The first-order valence-corrected chi connectivity index (χ1v) is 12.6. The molecule has 0 heterocycles. The number of alkyl carbamates (subject to hydrolysis) is 1. The Balaban J connectivity index is 2.48. The Bertz CT molecular complexity index is 1040. The van der Waals surface area contributed by atoms with E-state index in [-0.39, 0.29) is 31.5 Å². The summed E-state index contributed by atoms with van der Waals surface area (Å²) in [6.07, 6.45) is -0.722. The summed E-state index contributed by atoms with van der Waals surface area (Å²) in [6, 6.07) is 13.2. The average molecular weight is 512 g/mol. The van der Waals surface area contributed by atoms with Crippen LogP contribution in [0, 0.1) is 19.8 Å². The predicted molar refractivity (Wildman–Crippen MR) is 144 cm³/mol. The molecule has 3 N–H and O–H groups in total. The highest BCUT2D eigenvalue weighted by Crippen LogP contribution is 2.29. The van der Waals surface area contributed by atoms with E-state index in [4.69, 9.17) is 4.74 Å². The van der Waals surface area contributed by atoms with Gasteiger partial charge in [-0.1, -0.05) is 62.4 Å². The zero-order valence-electron chi connectivity index (χ0n) is 23.0. The minimum absolute atomic E-state index is 0.0880. The van der Waals surface area contributed by atoms with Crippen molar-refractivity contribution in [1.82, 2.24) is 15.5 Å². The second kappa shape index (κ2) is 13.2. The summed E-state index contributed by atoms with van der Waals surface area (Å²) in [5.41, 5.74) is 2.56. The zero-order valence-corrected chi connectivity index (χ0v) is 23.0. The number of aliphatic hydroxyl groups excluding tert-OH is 1. The molecule has 0 aliphatic rings. The monoisotopic (exact) mass is 511 g/mol. The molecule has 2 rings (SSSR count). The highest BCUT2D eigenvalue weighted by molar-refractivity contribution is 5.92. The first-order chi connectivity index (χ1) is 17.4. The van der Waals surface area contributed by atoms with Crippen LogP contribution in [-0.2, 0) is 20.9 Å². The van der Waals surface area contributed by atoms with Crippen molar-refractivity contribution < 1.29 is 24.2 Å². The number of hydrogen-bond acceptors (Lipinski definition) is 5. The topological polar surface area (TPSA) is 108 Å². The van der Waals surface area contributed by atoms with Gasteiger partial charge in [-0.2, -0.15) is 0 Å². The van der Waals surface area contributed by atoms with Crippen LogP contribution in [-0.4, -0.2) is 52.7 Å². The second-order valence-electron chi connectivity index (χ2n) is 10.5. The van der Waals surface area contributed by atoms with Crippen molar-refractivity contribution in [3.05, 3.63) is 70.8 Å². The Labute approximate surface area is 220 Å². The van der Waals surface area contributed by atoms with Gasteiger partial charge in [0.15, 0.2) is 0 Å². The van der Waals surface area contributed by atoms with Gasteiger partial charge in [-0.25, -0.2) is 4.79 Å². The number of amides is 3. The van der Waals surface area contributed by atoms with Crippen molar-refractivity contribution in [2.24, 2.45) is 5.92 Å². The van der Waals surface area contributed by atoms with Crippen molar-refractivity contribution in [2.75, 3.05) is 13.2 Å². The van der Waals surface area contributed by atoms with E-state index in [0.717, 1.165) is 16.7 Å². The molecule has 3 amide bonds. The molecule has 0 saturated heterocycles. The van der Waals surface area contributed by atoms with E-state index < -0.39 is 29.7 Å². The van der Waals surface area contributed by atoms with Crippen LogP contribution in [0.2, 0.25) is 0 Å². The quantitative estimate of drug-likeness (QED) is 0.446. The molecule has 2 atom stereocenters. The molecule has 2 aromatic carbocycles. The van der Waals surface area contributed by atoms with Crippen molar-refractivity contribution in [1.29, 1.82) is 0 Å². The third-order valence-electron chi connectivity index (χ3n) is 5.91. The lowest BCUT2D eigenvalue weighted by Gasteiger charge is -2.36. The summed E-state index contributed by atoms with van der Waals surface area (Å²) in [7, 11) is 0. The summed E-state index contributed by atoms with van der Waals surface area (Å²) >= 11 is 0. The number of ether oxygens (including phenoxy) is 1. The fourth-order valence-corrected chi connectivity index (χ4v) is 4.17. The number of carbonyl (C=O) groups is 3. The molecular formula is C29H41N3O5. The van der Waals surface area contributed by atoms with Crippen LogP contribution in [0.3, 0.4) is 0 Å². The Morgan fingerprint density at radius 2 is 1.57 bits per heavy atom. The third-order valence-corrected chi connectivity index (χ3v) is 5.91.